The molecular weight excluding hydrogens is 272 g/mol. The molecule has 0 saturated carbocycles. The molecule has 0 spiro atoms. The Morgan fingerprint density at radius 1 is 1.43 bits per heavy atom. The van der Waals surface area contributed by atoms with E-state index >= 15 is 0 Å². The van der Waals surface area contributed by atoms with Gasteiger partial charge in [0.2, 0.25) is 0 Å². The number of hydrogen-bond donors (Lipinski definition) is 3. The molecule has 1 aliphatic rings. The molecule has 0 radical (unpaired) electrons. The highest BCUT2D eigenvalue weighted by Gasteiger charge is 2.23. The number of piperidine rings is 1. The van der Waals surface area contributed by atoms with Gasteiger partial charge in [-0.1, -0.05) is 13.3 Å². The lowest BCUT2D eigenvalue weighted by Gasteiger charge is -2.32. The van der Waals surface area contributed by atoms with Gasteiger partial charge in [-0.2, -0.15) is 0 Å². The molecule has 114 valence electrons. The van der Waals surface area contributed by atoms with Crippen LogP contribution in [0.5, 0.6) is 5.75 Å². The average Bonchev–Trinajstić information content (AvgIpc) is 2.48. The normalized spacial score (nSPS) is 18.3. The molecule has 1 aliphatic heterocycles. The van der Waals surface area contributed by atoms with E-state index < -0.39 is 5.97 Å². The van der Waals surface area contributed by atoms with Crippen molar-refractivity contribution >= 4 is 17.7 Å². The number of hydrogen-bond acceptors (Lipinski definition) is 3. The summed E-state index contributed by atoms with van der Waals surface area (Å²) in [5.41, 5.74) is 0.0799. The Kier molecular flexibility index (Phi) is 4.67. The number of carboxylic acids is 1. The van der Waals surface area contributed by atoms with Gasteiger partial charge >= 0.3 is 12.0 Å². The first-order chi connectivity index (χ1) is 10.0. The first kappa shape index (κ1) is 15.2. The highest BCUT2D eigenvalue weighted by atomic mass is 16.4. The number of anilines is 1. The molecule has 3 N–H and O–H groups in total. The summed E-state index contributed by atoms with van der Waals surface area (Å²) in [6.45, 7) is 3.49. The minimum atomic E-state index is -1.19. The third-order valence-corrected chi connectivity index (χ3v) is 3.86. The van der Waals surface area contributed by atoms with Crippen LogP contribution in [0.4, 0.5) is 10.5 Å². The van der Waals surface area contributed by atoms with Gasteiger partial charge in [0.05, 0.1) is 11.3 Å². The number of carbonyl (C=O) groups is 2. The van der Waals surface area contributed by atoms with Crippen molar-refractivity contribution in [1.82, 2.24) is 4.90 Å². The van der Waals surface area contributed by atoms with E-state index in [1.54, 1.807) is 4.90 Å². The molecule has 1 fully saturated rings. The first-order valence-corrected chi connectivity index (χ1v) is 7.13. The number of phenols is 1. The number of carboxylic acid groups (broad SMARTS) is 1. The molecule has 0 aliphatic carbocycles. The number of nitrogens with zero attached hydrogens (tertiary/aromatic N) is 1. The van der Waals surface area contributed by atoms with Gasteiger partial charge < -0.3 is 20.4 Å². The van der Waals surface area contributed by atoms with Crippen LogP contribution >= 0.6 is 0 Å². The van der Waals surface area contributed by atoms with Crippen molar-refractivity contribution in [2.75, 3.05) is 18.4 Å². The highest BCUT2D eigenvalue weighted by Crippen LogP contribution is 2.23. The molecule has 2 amide bonds. The van der Waals surface area contributed by atoms with Crippen molar-refractivity contribution < 1.29 is 19.8 Å². The van der Waals surface area contributed by atoms with Gasteiger partial charge in [-0.05, 0) is 37.0 Å². The molecule has 1 atom stereocenters. The van der Waals surface area contributed by atoms with Gasteiger partial charge in [-0.15, -0.1) is 0 Å². The van der Waals surface area contributed by atoms with Crippen LogP contribution in [-0.4, -0.2) is 40.2 Å². The molecule has 6 heteroatoms. The third-order valence-electron chi connectivity index (χ3n) is 3.86. The number of likely N-dealkylation sites (tertiary alicyclic amines) is 1. The second-order valence-corrected chi connectivity index (χ2v) is 5.33. The minimum absolute atomic E-state index is 0.118. The fourth-order valence-electron chi connectivity index (χ4n) is 2.60. The van der Waals surface area contributed by atoms with Crippen LogP contribution in [0.15, 0.2) is 18.2 Å². The Morgan fingerprint density at radius 2 is 2.19 bits per heavy atom. The number of benzene rings is 1. The van der Waals surface area contributed by atoms with Crippen LogP contribution in [-0.2, 0) is 0 Å². The maximum Gasteiger partial charge on any atom is 0.337 e. The minimum Gasteiger partial charge on any atom is -0.508 e. The molecule has 6 nitrogen and oxygen atoms in total. The molecule has 1 aromatic carbocycles. The molecule has 0 aromatic heterocycles. The van der Waals surface area contributed by atoms with E-state index in [4.69, 9.17) is 5.11 Å². The van der Waals surface area contributed by atoms with Crippen LogP contribution in [0.2, 0.25) is 0 Å². The third kappa shape index (κ3) is 3.65. The number of aromatic carboxylic acids is 1. The van der Waals surface area contributed by atoms with Gasteiger partial charge in [0.1, 0.15) is 5.75 Å². The summed E-state index contributed by atoms with van der Waals surface area (Å²) in [5, 5.41) is 21.1. The maximum atomic E-state index is 12.2. The number of rotatable bonds is 3. The Morgan fingerprint density at radius 3 is 2.86 bits per heavy atom. The summed E-state index contributed by atoms with van der Waals surface area (Å²) >= 11 is 0. The molecule has 0 bridgehead atoms. The van der Waals surface area contributed by atoms with E-state index in [9.17, 15) is 14.7 Å². The lowest BCUT2D eigenvalue weighted by Crippen LogP contribution is -2.42. The Bertz CT molecular complexity index is 544. The van der Waals surface area contributed by atoms with Crippen molar-refractivity contribution in [3.8, 4) is 5.75 Å². The van der Waals surface area contributed by atoms with E-state index in [-0.39, 0.29) is 23.0 Å². The zero-order valence-electron chi connectivity index (χ0n) is 12.0. The van der Waals surface area contributed by atoms with E-state index in [1.165, 1.54) is 12.1 Å². The standard InChI is InChI=1S/C15H20N2O4/c1-2-10-4-3-7-17(9-10)15(21)16-13-6-5-11(18)8-12(13)14(19)20/h5-6,8,10,18H,2-4,7,9H2,1H3,(H,16,21)(H,19,20). The number of urea groups is 1. The van der Waals surface area contributed by atoms with Crippen molar-refractivity contribution in [2.45, 2.75) is 26.2 Å². The van der Waals surface area contributed by atoms with Crippen LogP contribution in [0, 0.1) is 5.92 Å². The summed E-state index contributed by atoms with van der Waals surface area (Å²) in [4.78, 5) is 25.1. The predicted octanol–water partition coefficient (Wildman–Crippen LogP) is 2.74. The molecule has 1 aromatic rings. The van der Waals surface area contributed by atoms with E-state index in [2.05, 4.69) is 12.2 Å². The molecule has 21 heavy (non-hydrogen) atoms. The van der Waals surface area contributed by atoms with Crippen LogP contribution < -0.4 is 5.32 Å². The quantitative estimate of drug-likeness (QED) is 0.747. The van der Waals surface area contributed by atoms with Crippen molar-refractivity contribution in [3.05, 3.63) is 23.8 Å². The van der Waals surface area contributed by atoms with Gasteiger partial charge in [-0.25, -0.2) is 9.59 Å². The Hall–Kier alpha value is -2.24. The van der Waals surface area contributed by atoms with Crippen LogP contribution in [0.1, 0.15) is 36.5 Å². The zero-order valence-corrected chi connectivity index (χ0v) is 12.0. The Balaban J connectivity index is 2.11. The lowest BCUT2D eigenvalue weighted by atomic mass is 9.96. The van der Waals surface area contributed by atoms with E-state index in [0.29, 0.717) is 19.0 Å². The number of amides is 2. The first-order valence-electron chi connectivity index (χ1n) is 7.13. The second-order valence-electron chi connectivity index (χ2n) is 5.33. The predicted molar refractivity (Wildman–Crippen MR) is 78.7 cm³/mol. The topological polar surface area (TPSA) is 89.9 Å². The molecule has 1 heterocycles. The largest absolute Gasteiger partial charge is 0.508 e. The van der Waals surface area contributed by atoms with E-state index in [1.807, 2.05) is 0 Å². The maximum absolute atomic E-state index is 12.2. The summed E-state index contributed by atoms with van der Waals surface area (Å²) in [5.74, 6) is -0.830. The summed E-state index contributed by atoms with van der Waals surface area (Å²) < 4.78 is 0. The highest BCUT2D eigenvalue weighted by molar-refractivity contribution is 6.00. The van der Waals surface area contributed by atoms with Gasteiger partial charge in [0, 0.05) is 13.1 Å². The lowest BCUT2D eigenvalue weighted by molar-refractivity contribution is 0.0697. The second kappa shape index (κ2) is 6.47. The summed E-state index contributed by atoms with van der Waals surface area (Å²) in [7, 11) is 0. The molecule has 1 saturated heterocycles. The fourth-order valence-corrected chi connectivity index (χ4v) is 2.60. The average molecular weight is 292 g/mol. The smallest absolute Gasteiger partial charge is 0.337 e. The SMILES string of the molecule is CCC1CCCN(C(=O)Nc2ccc(O)cc2C(=O)O)C1. The number of carbonyl (C=O) groups excluding carboxylic acids is 1. The molecular formula is C15H20N2O4. The van der Waals surface area contributed by atoms with E-state index in [0.717, 1.165) is 25.3 Å². The molecule has 2 rings (SSSR count). The zero-order chi connectivity index (χ0) is 15.4. The van der Waals surface area contributed by atoms with Crippen LogP contribution in [0.3, 0.4) is 0 Å². The number of aromatic hydroxyl groups is 1. The van der Waals surface area contributed by atoms with Gasteiger partial charge in [0.15, 0.2) is 0 Å². The van der Waals surface area contributed by atoms with Gasteiger partial charge in [0.25, 0.3) is 0 Å². The van der Waals surface area contributed by atoms with Crippen molar-refractivity contribution in [3.63, 3.8) is 0 Å². The van der Waals surface area contributed by atoms with Gasteiger partial charge in [-0.3, -0.25) is 0 Å². The van der Waals surface area contributed by atoms with Crippen LogP contribution in [0.25, 0.3) is 0 Å². The Labute approximate surface area is 123 Å². The molecule has 1 unspecified atom stereocenters. The summed E-state index contributed by atoms with van der Waals surface area (Å²) in [6, 6.07) is 3.59. The van der Waals surface area contributed by atoms with Crippen molar-refractivity contribution in [1.29, 1.82) is 0 Å². The number of nitrogens with one attached hydrogen (secondary N) is 1. The van der Waals surface area contributed by atoms with Crippen molar-refractivity contribution in [2.24, 2.45) is 5.92 Å². The summed E-state index contributed by atoms with van der Waals surface area (Å²) in [6.07, 6.45) is 3.12. The fraction of sp³-hybridized carbons (Fsp3) is 0.467. The number of phenolic OH excluding ortho intramolecular Hbond substituents is 1. The monoisotopic (exact) mass is 292 g/mol.